The number of nitrogens with zero attached hydrogens (tertiary/aromatic N) is 1. The zero-order valence-electron chi connectivity index (χ0n) is 9.90. The van der Waals surface area contributed by atoms with Crippen LogP contribution in [0.1, 0.15) is 17.9 Å². The average molecular weight is 311 g/mol. The number of benzene rings is 1. The highest BCUT2D eigenvalue weighted by Crippen LogP contribution is 2.42. The summed E-state index contributed by atoms with van der Waals surface area (Å²) in [7, 11) is 0. The fourth-order valence-corrected chi connectivity index (χ4v) is 3.61. The molecule has 1 amide bonds. The molecule has 18 heavy (non-hydrogen) atoms. The molecular weight excluding hydrogens is 296 g/mol. The summed E-state index contributed by atoms with van der Waals surface area (Å²) in [5.74, 6) is 0.757. The van der Waals surface area contributed by atoms with Gasteiger partial charge in [-0.3, -0.25) is 0 Å². The Kier molecular flexibility index (Phi) is 2.93. The van der Waals surface area contributed by atoms with Crippen molar-refractivity contribution in [3.8, 4) is 0 Å². The third-order valence-electron chi connectivity index (χ3n) is 3.97. The van der Waals surface area contributed by atoms with Gasteiger partial charge in [-0.05, 0) is 39.9 Å². The second-order valence-corrected chi connectivity index (χ2v) is 5.83. The van der Waals surface area contributed by atoms with Crippen molar-refractivity contribution >= 4 is 27.7 Å². The number of fused-ring (bicyclic) bond motifs is 3. The molecule has 2 aliphatic heterocycles. The van der Waals surface area contributed by atoms with Crippen molar-refractivity contribution in [1.29, 1.82) is 0 Å². The van der Waals surface area contributed by atoms with Gasteiger partial charge in [0.2, 0.25) is 0 Å². The van der Waals surface area contributed by atoms with Gasteiger partial charge in [0.05, 0.1) is 5.69 Å². The van der Waals surface area contributed by atoms with Crippen molar-refractivity contribution in [1.82, 2.24) is 4.90 Å². The van der Waals surface area contributed by atoms with Gasteiger partial charge in [-0.25, -0.2) is 4.79 Å². The van der Waals surface area contributed by atoms with Gasteiger partial charge in [-0.15, -0.1) is 0 Å². The minimum Gasteiger partial charge on any atom is -0.465 e. The highest BCUT2D eigenvalue weighted by Gasteiger charge is 2.38. The Balaban J connectivity index is 1.99. The molecule has 0 aliphatic carbocycles. The maximum Gasteiger partial charge on any atom is 0.407 e. The molecule has 2 N–H and O–H groups in total. The van der Waals surface area contributed by atoms with E-state index in [0.717, 1.165) is 23.1 Å². The lowest BCUT2D eigenvalue weighted by Crippen LogP contribution is -2.27. The van der Waals surface area contributed by atoms with E-state index in [0.29, 0.717) is 24.9 Å². The maximum absolute atomic E-state index is 11.1. The second kappa shape index (κ2) is 4.46. The number of anilines is 1. The number of nitrogens with one attached hydrogen (secondary N) is 1. The zero-order chi connectivity index (χ0) is 12.7. The zero-order valence-corrected chi connectivity index (χ0v) is 11.5. The number of para-hydroxylation sites is 1. The molecule has 2 aliphatic rings. The molecule has 0 aromatic heterocycles. The van der Waals surface area contributed by atoms with E-state index in [9.17, 15) is 4.79 Å². The molecule has 0 saturated carbocycles. The largest absolute Gasteiger partial charge is 0.465 e. The predicted octanol–water partition coefficient (Wildman–Crippen LogP) is 2.96. The van der Waals surface area contributed by atoms with Crippen LogP contribution in [0.3, 0.4) is 0 Å². The van der Waals surface area contributed by atoms with Gasteiger partial charge in [-0.2, -0.15) is 0 Å². The molecule has 3 rings (SSSR count). The topological polar surface area (TPSA) is 52.6 Å². The van der Waals surface area contributed by atoms with Crippen LogP contribution in [0.4, 0.5) is 10.5 Å². The molecule has 96 valence electrons. The molecule has 2 unspecified atom stereocenters. The molecule has 0 bridgehead atoms. The fraction of sp³-hybridized carbons (Fsp3) is 0.462. The normalized spacial score (nSPS) is 25.9. The molecule has 5 heteroatoms. The molecule has 1 fully saturated rings. The first-order chi connectivity index (χ1) is 8.66. The first kappa shape index (κ1) is 11.8. The third kappa shape index (κ3) is 1.86. The summed E-state index contributed by atoms with van der Waals surface area (Å²) < 4.78 is 1.06. The Morgan fingerprint density at radius 2 is 2.28 bits per heavy atom. The predicted molar refractivity (Wildman–Crippen MR) is 73.1 cm³/mol. The van der Waals surface area contributed by atoms with Crippen LogP contribution in [0, 0.1) is 5.92 Å². The number of carboxylic acid groups (broad SMARTS) is 1. The van der Waals surface area contributed by atoms with Crippen LogP contribution in [0.5, 0.6) is 0 Å². The van der Waals surface area contributed by atoms with Gasteiger partial charge in [0.25, 0.3) is 0 Å². The van der Waals surface area contributed by atoms with E-state index in [-0.39, 0.29) is 0 Å². The summed E-state index contributed by atoms with van der Waals surface area (Å²) in [6, 6.07) is 6.16. The molecule has 1 aromatic carbocycles. The van der Waals surface area contributed by atoms with Crippen LogP contribution in [-0.2, 0) is 0 Å². The minimum atomic E-state index is -0.799. The Bertz CT molecular complexity index is 492. The number of likely N-dealkylation sites (tertiary alicyclic amines) is 1. The Morgan fingerprint density at radius 3 is 3.06 bits per heavy atom. The number of amides is 1. The van der Waals surface area contributed by atoms with Gasteiger partial charge in [0, 0.05) is 30.0 Å². The summed E-state index contributed by atoms with van der Waals surface area (Å²) in [6.45, 7) is 2.18. The summed E-state index contributed by atoms with van der Waals surface area (Å²) in [5.41, 5.74) is 2.38. The average Bonchev–Trinajstić information content (AvgIpc) is 2.68. The van der Waals surface area contributed by atoms with E-state index in [2.05, 4.69) is 27.3 Å². The van der Waals surface area contributed by atoms with Gasteiger partial charge in [0.15, 0.2) is 0 Å². The summed E-state index contributed by atoms with van der Waals surface area (Å²) in [5, 5.41) is 12.6. The van der Waals surface area contributed by atoms with E-state index >= 15 is 0 Å². The van der Waals surface area contributed by atoms with Crippen molar-refractivity contribution < 1.29 is 9.90 Å². The lowest BCUT2D eigenvalue weighted by molar-refractivity contribution is 0.153. The van der Waals surface area contributed by atoms with E-state index in [1.807, 2.05) is 12.1 Å². The van der Waals surface area contributed by atoms with Gasteiger partial charge >= 0.3 is 6.09 Å². The minimum absolute atomic E-state index is 0.323. The Hall–Kier alpha value is -1.23. The Labute approximate surface area is 114 Å². The van der Waals surface area contributed by atoms with Crippen LogP contribution >= 0.6 is 15.9 Å². The van der Waals surface area contributed by atoms with Crippen molar-refractivity contribution in [2.24, 2.45) is 5.92 Å². The lowest BCUT2D eigenvalue weighted by Gasteiger charge is -2.17. The molecule has 4 nitrogen and oxygen atoms in total. The quantitative estimate of drug-likeness (QED) is 0.774. The van der Waals surface area contributed by atoms with Gasteiger partial charge < -0.3 is 15.3 Å². The molecule has 1 aromatic rings. The smallest absolute Gasteiger partial charge is 0.407 e. The van der Waals surface area contributed by atoms with Crippen molar-refractivity contribution in [3.05, 3.63) is 28.2 Å². The van der Waals surface area contributed by atoms with Crippen LogP contribution < -0.4 is 5.32 Å². The summed E-state index contributed by atoms with van der Waals surface area (Å²) in [6.07, 6.45) is 0.225. The molecule has 2 heterocycles. The second-order valence-electron chi connectivity index (χ2n) is 4.97. The Morgan fingerprint density at radius 1 is 1.44 bits per heavy atom. The molecule has 0 radical (unpaired) electrons. The SMILES string of the molecule is O=C(O)N1CC2CCNc3c(Br)cccc3C2C1. The first-order valence-corrected chi connectivity index (χ1v) is 6.96. The number of halogens is 1. The number of hydrogen-bond acceptors (Lipinski definition) is 2. The van der Waals surface area contributed by atoms with Gasteiger partial charge in [-0.1, -0.05) is 12.1 Å². The first-order valence-electron chi connectivity index (χ1n) is 6.17. The van der Waals surface area contributed by atoms with Crippen molar-refractivity contribution in [3.63, 3.8) is 0 Å². The molecule has 2 atom stereocenters. The summed E-state index contributed by atoms with van der Waals surface area (Å²) >= 11 is 3.57. The highest BCUT2D eigenvalue weighted by atomic mass is 79.9. The van der Waals surface area contributed by atoms with Crippen LogP contribution in [0.25, 0.3) is 0 Å². The highest BCUT2D eigenvalue weighted by molar-refractivity contribution is 9.10. The molecular formula is C13H15BrN2O2. The number of rotatable bonds is 0. The van der Waals surface area contributed by atoms with Crippen LogP contribution in [0.15, 0.2) is 22.7 Å². The van der Waals surface area contributed by atoms with E-state index in [1.54, 1.807) is 4.90 Å². The fourth-order valence-electron chi connectivity index (χ4n) is 3.09. The van der Waals surface area contributed by atoms with Crippen molar-refractivity contribution in [2.75, 3.05) is 25.0 Å². The van der Waals surface area contributed by atoms with Crippen LogP contribution in [-0.4, -0.2) is 35.7 Å². The standard InChI is InChI=1S/C13H15BrN2O2/c14-11-3-1-2-9-10-7-16(13(17)18)6-8(10)4-5-15-12(9)11/h1-3,8,10,15H,4-7H2,(H,17,18). The number of carbonyl (C=O) groups is 1. The lowest BCUT2D eigenvalue weighted by atomic mass is 9.87. The third-order valence-corrected chi connectivity index (χ3v) is 4.63. The van der Waals surface area contributed by atoms with Crippen molar-refractivity contribution in [2.45, 2.75) is 12.3 Å². The monoisotopic (exact) mass is 310 g/mol. The molecule has 0 spiro atoms. The van der Waals surface area contributed by atoms with E-state index < -0.39 is 6.09 Å². The summed E-state index contributed by atoms with van der Waals surface area (Å²) in [4.78, 5) is 12.7. The number of hydrogen-bond donors (Lipinski definition) is 2. The van der Waals surface area contributed by atoms with Gasteiger partial charge in [0.1, 0.15) is 0 Å². The maximum atomic E-state index is 11.1. The molecule has 1 saturated heterocycles. The van der Waals surface area contributed by atoms with E-state index in [1.165, 1.54) is 5.56 Å². The van der Waals surface area contributed by atoms with E-state index in [4.69, 9.17) is 5.11 Å². The van der Waals surface area contributed by atoms with Crippen LogP contribution in [0.2, 0.25) is 0 Å².